The number of carbonyl (C=O) groups is 1. The number of amides is 1. The third-order valence-electron chi connectivity index (χ3n) is 3.84. The van der Waals surface area contributed by atoms with Gasteiger partial charge in [0.25, 0.3) is 5.91 Å². The molecule has 1 fully saturated rings. The van der Waals surface area contributed by atoms with Gasteiger partial charge in [0.05, 0.1) is 17.4 Å². The van der Waals surface area contributed by atoms with E-state index in [0.717, 1.165) is 43.7 Å². The van der Waals surface area contributed by atoms with E-state index in [1.807, 2.05) is 17.9 Å². The minimum absolute atomic E-state index is 0.0443. The molecule has 1 N–H and O–H groups in total. The first-order valence-corrected chi connectivity index (χ1v) is 7.68. The van der Waals surface area contributed by atoms with E-state index in [0.29, 0.717) is 12.1 Å². The number of nitrogens with one attached hydrogen (secondary N) is 1. The van der Waals surface area contributed by atoms with Crippen LogP contribution in [0.5, 0.6) is 0 Å². The van der Waals surface area contributed by atoms with Crippen LogP contribution in [0, 0.1) is 6.92 Å². The van der Waals surface area contributed by atoms with Crippen LogP contribution >= 0.6 is 0 Å². The molecule has 0 saturated carbocycles. The molecule has 5 nitrogen and oxygen atoms in total. The van der Waals surface area contributed by atoms with E-state index in [9.17, 15) is 4.79 Å². The highest BCUT2D eigenvalue weighted by Gasteiger charge is 2.26. The molecule has 0 aliphatic carbocycles. The summed E-state index contributed by atoms with van der Waals surface area (Å²) in [4.78, 5) is 18.9. The van der Waals surface area contributed by atoms with E-state index in [2.05, 4.69) is 17.2 Å². The summed E-state index contributed by atoms with van der Waals surface area (Å²) in [7, 11) is 1.71. The number of hydrogen-bond donors (Lipinski definition) is 1. The zero-order valence-electron chi connectivity index (χ0n) is 13.2. The molecule has 1 unspecified atom stereocenters. The van der Waals surface area contributed by atoms with E-state index < -0.39 is 0 Å². The number of aryl methyl sites for hydroxylation is 1. The lowest BCUT2D eigenvalue weighted by Gasteiger charge is -2.32. The molecular weight excluding hydrogens is 266 g/mol. The number of hydrogen-bond acceptors (Lipinski definition) is 4. The van der Waals surface area contributed by atoms with Gasteiger partial charge in [0, 0.05) is 38.6 Å². The van der Waals surface area contributed by atoms with Gasteiger partial charge in [-0.3, -0.25) is 9.78 Å². The van der Waals surface area contributed by atoms with Crippen molar-refractivity contribution in [3.05, 3.63) is 23.5 Å². The summed E-state index contributed by atoms with van der Waals surface area (Å²) < 4.78 is 5.40. The van der Waals surface area contributed by atoms with Crippen LogP contribution in [-0.4, -0.2) is 48.6 Å². The van der Waals surface area contributed by atoms with E-state index in [4.69, 9.17) is 4.74 Å². The summed E-state index contributed by atoms with van der Waals surface area (Å²) in [5.74, 6) is 0.0443. The van der Waals surface area contributed by atoms with Crippen LogP contribution in [0.2, 0.25) is 0 Å². The maximum atomic E-state index is 12.7. The number of piperidine rings is 1. The third kappa shape index (κ3) is 3.94. The van der Waals surface area contributed by atoms with Crippen molar-refractivity contribution in [3.63, 3.8) is 0 Å². The number of nitrogens with zero attached hydrogens (tertiary/aromatic N) is 2. The Kier molecular flexibility index (Phi) is 5.56. The lowest BCUT2D eigenvalue weighted by Crippen LogP contribution is -2.43. The van der Waals surface area contributed by atoms with Crippen LogP contribution in [0.1, 0.15) is 42.2 Å². The largest absolute Gasteiger partial charge is 0.384 e. The molecule has 116 valence electrons. The van der Waals surface area contributed by atoms with Gasteiger partial charge in [0.15, 0.2) is 0 Å². The molecule has 0 radical (unpaired) electrons. The van der Waals surface area contributed by atoms with E-state index in [1.54, 1.807) is 13.3 Å². The van der Waals surface area contributed by atoms with Crippen LogP contribution in [0.15, 0.2) is 12.3 Å². The predicted octanol–water partition coefficient (Wildman–Crippen LogP) is 2.46. The quantitative estimate of drug-likeness (QED) is 0.905. The fraction of sp³-hybridized carbons (Fsp3) is 0.625. The van der Waals surface area contributed by atoms with Gasteiger partial charge in [0.2, 0.25) is 0 Å². The number of pyridine rings is 1. The van der Waals surface area contributed by atoms with Crippen molar-refractivity contribution < 1.29 is 9.53 Å². The number of carbonyl (C=O) groups excluding carboxylic acids is 1. The number of likely N-dealkylation sites (tertiary alicyclic amines) is 1. The van der Waals surface area contributed by atoms with Crippen LogP contribution < -0.4 is 5.32 Å². The van der Waals surface area contributed by atoms with Gasteiger partial charge >= 0.3 is 0 Å². The molecule has 1 amide bonds. The molecule has 0 aromatic carbocycles. The summed E-state index contributed by atoms with van der Waals surface area (Å²) >= 11 is 0. The van der Waals surface area contributed by atoms with Crippen molar-refractivity contribution in [1.29, 1.82) is 0 Å². The molecule has 5 heteroatoms. The molecule has 1 aromatic rings. The van der Waals surface area contributed by atoms with Crippen molar-refractivity contribution in [1.82, 2.24) is 9.88 Å². The van der Waals surface area contributed by atoms with Crippen molar-refractivity contribution in [3.8, 4) is 0 Å². The molecule has 1 saturated heterocycles. The standard InChI is InChI=1S/C16H25N3O2/c1-4-7-17-15-9-12(2)18-10-14(15)16(20)19-8-5-6-13(11-19)21-3/h9-10,13H,4-8,11H2,1-3H3,(H,17,18). The Hall–Kier alpha value is -1.62. The smallest absolute Gasteiger partial charge is 0.257 e. The summed E-state index contributed by atoms with van der Waals surface area (Å²) in [5, 5.41) is 3.33. The highest BCUT2D eigenvalue weighted by Crippen LogP contribution is 2.21. The van der Waals surface area contributed by atoms with Gasteiger partial charge in [0.1, 0.15) is 0 Å². The Morgan fingerprint density at radius 2 is 2.38 bits per heavy atom. The van der Waals surface area contributed by atoms with Crippen LogP contribution in [0.3, 0.4) is 0 Å². The first kappa shape index (κ1) is 15.8. The topological polar surface area (TPSA) is 54.5 Å². The summed E-state index contributed by atoms with van der Waals surface area (Å²) in [6, 6.07) is 1.95. The van der Waals surface area contributed by atoms with E-state index in [1.165, 1.54) is 0 Å². The highest BCUT2D eigenvalue weighted by molar-refractivity contribution is 5.99. The minimum Gasteiger partial charge on any atom is -0.384 e. The maximum Gasteiger partial charge on any atom is 0.257 e. The number of anilines is 1. The molecule has 1 atom stereocenters. The van der Waals surface area contributed by atoms with Gasteiger partial charge in [-0.2, -0.15) is 0 Å². The zero-order valence-corrected chi connectivity index (χ0v) is 13.2. The average molecular weight is 291 g/mol. The Bertz CT molecular complexity index is 490. The second-order valence-electron chi connectivity index (χ2n) is 5.55. The van der Waals surface area contributed by atoms with Crippen LogP contribution in [0.4, 0.5) is 5.69 Å². The zero-order chi connectivity index (χ0) is 15.2. The average Bonchev–Trinajstić information content (AvgIpc) is 2.52. The van der Waals surface area contributed by atoms with Gasteiger partial charge < -0.3 is 15.0 Å². The van der Waals surface area contributed by atoms with Crippen LogP contribution in [-0.2, 0) is 4.74 Å². The summed E-state index contributed by atoms with van der Waals surface area (Å²) in [6.45, 7) is 6.35. The molecule has 2 heterocycles. The SMILES string of the molecule is CCCNc1cc(C)ncc1C(=O)N1CCCC(OC)C1. The fourth-order valence-electron chi connectivity index (χ4n) is 2.62. The van der Waals surface area contributed by atoms with Gasteiger partial charge in [-0.25, -0.2) is 0 Å². The molecule has 21 heavy (non-hydrogen) atoms. The van der Waals surface area contributed by atoms with Crippen molar-refractivity contribution in [2.24, 2.45) is 0 Å². The fourth-order valence-corrected chi connectivity index (χ4v) is 2.62. The minimum atomic E-state index is 0.0443. The number of rotatable bonds is 5. The lowest BCUT2D eigenvalue weighted by atomic mass is 10.1. The van der Waals surface area contributed by atoms with Crippen molar-refractivity contribution in [2.45, 2.75) is 39.2 Å². The molecule has 0 bridgehead atoms. The Morgan fingerprint density at radius 1 is 1.57 bits per heavy atom. The normalized spacial score (nSPS) is 18.6. The Balaban J connectivity index is 2.17. The molecular formula is C16H25N3O2. The van der Waals surface area contributed by atoms with Crippen molar-refractivity contribution >= 4 is 11.6 Å². The molecule has 1 aliphatic heterocycles. The second kappa shape index (κ2) is 7.41. The molecule has 2 rings (SSSR count). The first-order chi connectivity index (χ1) is 10.2. The van der Waals surface area contributed by atoms with Gasteiger partial charge in [-0.05, 0) is 32.3 Å². The Labute approximate surface area is 126 Å². The predicted molar refractivity (Wildman–Crippen MR) is 83.7 cm³/mol. The highest BCUT2D eigenvalue weighted by atomic mass is 16.5. The lowest BCUT2D eigenvalue weighted by molar-refractivity contribution is 0.0269. The first-order valence-electron chi connectivity index (χ1n) is 7.68. The maximum absolute atomic E-state index is 12.7. The van der Waals surface area contributed by atoms with Crippen LogP contribution in [0.25, 0.3) is 0 Å². The van der Waals surface area contributed by atoms with E-state index in [-0.39, 0.29) is 12.0 Å². The number of aromatic nitrogens is 1. The van der Waals surface area contributed by atoms with Gasteiger partial charge in [-0.1, -0.05) is 6.92 Å². The third-order valence-corrected chi connectivity index (χ3v) is 3.84. The second-order valence-corrected chi connectivity index (χ2v) is 5.55. The molecule has 0 spiro atoms. The Morgan fingerprint density at radius 3 is 3.10 bits per heavy atom. The monoisotopic (exact) mass is 291 g/mol. The summed E-state index contributed by atoms with van der Waals surface area (Å²) in [6.07, 6.45) is 4.86. The summed E-state index contributed by atoms with van der Waals surface area (Å²) in [5.41, 5.74) is 2.46. The van der Waals surface area contributed by atoms with E-state index >= 15 is 0 Å². The number of ether oxygens (including phenoxy) is 1. The number of methoxy groups -OCH3 is 1. The molecule has 1 aliphatic rings. The molecule has 1 aromatic heterocycles. The van der Waals surface area contributed by atoms with Gasteiger partial charge in [-0.15, -0.1) is 0 Å². The van der Waals surface area contributed by atoms with Crippen molar-refractivity contribution in [2.75, 3.05) is 32.1 Å².